The van der Waals surface area contributed by atoms with E-state index in [0.29, 0.717) is 12.0 Å². The van der Waals surface area contributed by atoms with Crippen LogP contribution in [0, 0.1) is 5.92 Å². The van der Waals surface area contributed by atoms with Crippen LogP contribution in [0.5, 0.6) is 0 Å². The first kappa shape index (κ1) is 11.4. The number of nitrogens with zero attached hydrogens (tertiary/aromatic N) is 2. The highest BCUT2D eigenvalue weighted by Gasteiger charge is 2.29. The molecule has 2 heterocycles. The third-order valence-corrected chi connectivity index (χ3v) is 3.90. The average molecular weight is 240 g/mol. The molecule has 2 rings (SSSR count). The molecule has 1 atom stereocenters. The van der Waals surface area contributed by atoms with Crippen LogP contribution in [0.1, 0.15) is 37.2 Å². The molecule has 4 nitrogen and oxygen atoms in total. The fourth-order valence-corrected chi connectivity index (χ4v) is 3.10. The number of carbonyl (C=O) groups is 1. The van der Waals surface area contributed by atoms with E-state index >= 15 is 0 Å². The molecule has 1 aliphatic rings. The standard InChI is InChI=1S/C11H16N2O2S/c1-7(2)9-4-3-5-13(9)11-12-8(6-16-11)10(14)15/h6-7,9H,3-5H2,1-2H3,(H,14,15). The van der Waals surface area contributed by atoms with E-state index < -0.39 is 5.97 Å². The third-order valence-electron chi connectivity index (χ3n) is 3.03. The number of anilines is 1. The van der Waals surface area contributed by atoms with Crippen molar-refractivity contribution in [2.75, 3.05) is 11.4 Å². The topological polar surface area (TPSA) is 53.4 Å². The van der Waals surface area contributed by atoms with Gasteiger partial charge in [-0.15, -0.1) is 11.3 Å². The molecule has 5 heteroatoms. The van der Waals surface area contributed by atoms with E-state index in [2.05, 4.69) is 23.7 Å². The quantitative estimate of drug-likeness (QED) is 0.881. The molecule has 0 radical (unpaired) electrons. The van der Waals surface area contributed by atoms with Crippen molar-refractivity contribution in [3.05, 3.63) is 11.1 Å². The maximum absolute atomic E-state index is 10.8. The Morgan fingerprint density at radius 3 is 3.00 bits per heavy atom. The fraction of sp³-hybridized carbons (Fsp3) is 0.636. The van der Waals surface area contributed by atoms with Gasteiger partial charge in [0.1, 0.15) is 0 Å². The first-order chi connectivity index (χ1) is 7.59. The van der Waals surface area contributed by atoms with Crippen molar-refractivity contribution in [3.8, 4) is 0 Å². The lowest BCUT2D eigenvalue weighted by Crippen LogP contribution is -2.33. The van der Waals surface area contributed by atoms with Crippen molar-refractivity contribution in [1.82, 2.24) is 4.98 Å². The van der Waals surface area contributed by atoms with Crippen LogP contribution in [-0.2, 0) is 0 Å². The lowest BCUT2D eigenvalue weighted by atomic mass is 10.0. The second kappa shape index (κ2) is 4.41. The first-order valence-electron chi connectivity index (χ1n) is 5.55. The van der Waals surface area contributed by atoms with Crippen LogP contribution in [0.3, 0.4) is 0 Å². The van der Waals surface area contributed by atoms with Gasteiger partial charge in [-0.1, -0.05) is 13.8 Å². The summed E-state index contributed by atoms with van der Waals surface area (Å²) in [5, 5.41) is 11.3. The normalized spacial score (nSPS) is 20.7. The van der Waals surface area contributed by atoms with Crippen LogP contribution in [0.15, 0.2) is 5.38 Å². The van der Waals surface area contributed by atoms with Gasteiger partial charge in [0.2, 0.25) is 0 Å². The second-order valence-electron chi connectivity index (χ2n) is 4.47. The van der Waals surface area contributed by atoms with Crippen LogP contribution in [0.2, 0.25) is 0 Å². The molecule has 1 unspecified atom stereocenters. The molecule has 1 fully saturated rings. The predicted molar refractivity (Wildman–Crippen MR) is 64.3 cm³/mol. The number of thiazole rings is 1. The number of carboxylic acids is 1. The Balaban J connectivity index is 2.19. The van der Waals surface area contributed by atoms with Crippen molar-refractivity contribution in [2.45, 2.75) is 32.7 Å². The zero-order valence-electron chi connectivity index (χ0n) is 9.51. The molecule has 1 N–H and O–H groups in total. The summed E-state index contributed by atoms with van der Waals surface area (Å²) in [7, 11) is 0. The minimum atomic E-state index is -0.942. The lowest BCUT2D eigenvalue weighted by molar-refractivity contribution is 0.0691. The van der Waals surface area contributed by atoms with Gasteiger partial charge in [0.05, 0.1) is 0 Å². The maximum atomic E-state index is 10.8. The monoisotopic (exact) mass is 240 g/mol. The molecule has 0 spiro atoms. The SMILES string of the molecule is CC(C)C1CCCN1c1nc(C(=O)O)cs1. The molecule has 0 aromatic carbocycles. The summed E-state index contributed by atoms with van der Waals surface area (Å²) in [4.78, 5) is 17.2. The van der Waals surface area contributed by atoms with Gasteiger partial charge >= 0.3 is 5.97 Å². The van der Waals surface area contributed by atoms with E-state index in [4.69, 9.17) is 5.11 Å². The summed E-state index contributed by atoms with van der Waals surface area (Å²) in [5.74, 6) is -0.359. The molecular weight excluding hydrogens is 224 g/mol. The van der Waals surface area contributed by atoms with Crippen molar-refractivity contribution in [2.24, 2.45) is 5.92 Å². The second-order valence-corrected chi connectivity index (χ2v) is 5.30. The summed E-state index contributed by atoms with van der Waals surface area (Å²) >= 11 is 1.43. The van der Waals surface area contributed by atoms with Gasteiger partial charge in [0.25, 0.3) is 0 Å². The summed E-state index contributed by atoms with van der Waals surface area (Å²) in [6.45, 7) is 5.40. The smallest absolute Gasteiger partial charge is 0.355 e. The number of hydrogen-bond acceptors (Lipinski definition) is 4. The Morgan fingerprint density at radius 2 is 2.44 bits per heavy atom. The Hall–Kier alpha value is -1.10. The van der Waals surface area contributed by atoms with E-state index in [0.717, 1.165) is 11.7 Å². The summed E-state index contributed by atoms with van der Waals surface area (Å²) in [6.07, 6.45) is 2.35. The zero-order chi connectivity index (χ0) is 11.7. The van der Waals surface area contributed by atoms with Gasteiger partial charge in [-0.05, 0) is 18.8 Å². The van der Waals surface area contributed by atoms with Gasteiger partial charge < -0.3 is 10.0 Å². The summed E-state index contributed by atoms with van der Waals surface area (Å²) < 4.78 is 0. The van der Waals surface area contributed by atoms with E-state index in [1.54, 1.807) is 5.38 Å². The summed E-state index contributed by atoms with van der Waals surface area (Å²) in [5.41, 5.74) is 0.161. The van der Waals surface area contributed by atoms with E-state index in [-0.39, 0.29) is 5.69 Å². The van der Waals surface area contributed by atoms with Crippen molar-refractivity contribution in [1.29, 1.82) is 0 Å². The minimum absolute atomic E-state index is 0.161. The molecule has 1 aliphatic heterocycles. The van der Waals surface area contributed by atoms with Gasteiger partial charge in [-0.3, -0.25) is 0 Å². The molecular formula is C11H16N2O2S. The van der Waals surface area contributed by atoms with Crippen molar-refractivity contribution in [3.63, 3.8) is 0 Å². The van der Waals surface area contributed by atoms with E-state index in [1.165, 1.54) is 24.2 Å². The number of aromatic carboxylic acids is 1. The molecule has 0 aliphatic carbocycles. The molecule has 1 saturated heterocycles. The van der Waals surface area contributed by atoms with Crippen LogP contribution >= 0.6 is 11.3 Å². The number of rotatable bonds is 3. The van der Waals surface area contributed by atoms with Gasteiger partial charge in [0, 0.05) is 18.0 Å². The fourth-order valence-electron chi connectivity index (χ4n) is 2.22. The Bertz CT molecular complexity index is 389. The number of hydrogen-bond donors (Lipinski definition) is 1. The summed E-state index contributed by atoms with van der Waals surface area (Å²) in [6, 6.07) is 0.507. The predicted octanol–water partition coefficient (Wildman–Crippen LogP) is 2.47. The highest BCUT2D eigenvalue weighted by molar-refractivity contribution is 7.13. The lowest BCUT2D eigenvalue weighted by Gasteiger charge is -2.26. The van der Waals surface area contributed by atoms with Crippen LogP contribution in [-0.4, -0.2) is 28.6 Å². The molecule has 88 valence electrons. The van der Waals surface area contributed by atoms with Gasteiger partial charge in [-0.2, -0.15) is 0 Å². The maximum Gasteiger partial charge on any atom is 0.355 e. The van der Waals surface area contributed by atoms with Crippen molar-refractivity contribution >= 4 is 22.4 Å². The van der Waals surface area contributed by atoms with Crippen molar-refractivity contribution < 1.29 is 9.90 Å². The van der Waals surface area contributed by atoms with E-state index in [9.17, 15) is 4.79 Å². The molecule has 1 aromatic rings. The Morgan fingerprint density at radius 1 is 1.69 bits per heavy atom. The van der Waals surface area contributed by atoms with Crippen LogP contribution in [0.4, 0.5) is 5.13 Å². The molecule has 0 saturated carbocycles. The Labute approximate surface area is 98.9 Å². The number of carboxylic acid groups (broad SMARTS) is 1. The van der Waals surface area contributed by atoms with Gasteiger partial charge in [-0.25, -0.2) is 9.78 Å². The number of aromatic nitrogens is 1. The molecule has 0 bridgehead atoms. The Kier molecular flexibility index (Phi) is 3.14. The highest BCUT2D eigenvalue weighted by Crippen LogP contribution is 2.31. The third kappa shape index (κ3) is 2.04. The highest BCUT2D eigenvalue weighted by atomic mass is 32.1. The van der Waals surface area contributed by atoms with Crippen LogP contribution < -0.4 is 4.90 Å². The largest absolute Gasteiger partial charge is 0.476 e. The first-order valence-corrected chi connectivity index (χ1v) is 6.43. The minimum Gasteiger partial charge on any atom is -0.476 e. The van der Waals surface area contributed by atoms with Crippen LogP contribution in [0.25, 0.3) is 0 Å². The average Bonchev–Trinajstić information content (AvgIpc) is 2.86. The van der Waals surface area contributed by atoms with E-state index in [1.807, 2.05) is 0 Å². The van der Waals surface area contributed by atoms with Gasteiger partial charge in [0.15, 0.2) is 10.8 Å². The zero-order valence-corrected chi connectivity index (χ0v) is 10.3. The molecule has 0 amide bonds. The molecule has 1 aromatic heterocycles. The molecule has 16 heavy (non-hydrogen) atoms.